The summed E-state index contributed by atoms with van der Waals surface area (Å²) in [7, 11) is 0. The molecule has 0 aliphatic rings. The maximum atomic E-state index is 11.8. The number of ether oxygens (including phenoxy) is 1. The summed E-state index contributed by atoms with van der Waals surface area (Å²) in [6, 6.07) is 13.2. The standard InChI is InChI=1S/C19H15N3O5/c23-18(14-2-1-9-20-11-14)22-21-10-13-3-5-15(6-4-13)26-12-16-7-8-17(27-16)19(24)25/h1-11H,12H2,(H,22,23)(H,24,25)/b21-10+. The Balaban J connectivity index is 1.50. The topological polar surface area (TPSA) is 114 Å². The fraction of sp³-hybridized carbons (Fsp3) is 0.0526. The van der Waals surface area contributed by atoms with Crippen molar-refractivity contribution < 1.29 is 23.8 Å². The van der Waals surface area contributed by atoms with E-state index in [-0.39, 0.29) is 18.3 Å². The van der Waals surface area contributed by atoms with Crippen LogP contribution in [0.5, 0.6) is 5.75 Å². The zero-order valence-electron chi connectivity index (χ0n) is 14.0. The van der Waals surface area contributed by atoms with Crippen LogP contribution < -0.4 is 10.2 Å². The van der Waals surface area contributed by atoms with Crippen LogP contribution in [0.15, 0.2) is 70.4 Å². The van der Waals surface area contributed by atoms with Crippen LogP contribution in [0, 0.1) is 0 Å². The fourth-order valence-corrected chi connectivity index (χ4v) is 2.10. The highest BCUT2D eigenvalue weighted by Crippen LogP contribution is 2.15. The van der Waals surface area contributed by atoms with Crippen molar-refractivity contribution >= 4 is 18.1 Å². The highest BCUT2D eigenvalue weighted by molar-refractivity contribution is 5.94. The number of carboxylic acids is 1. The molecule has 0 fully saturated rings. The summed E-state index contributed by atoms with van der Waals surface area (Å²) in [6.07, 6.45) is 4.54. The van der Waals surface area contributed by atoms with E-state index in [2.05, 4.69) is 15.5 Å². The van der Waals surface area contributed by atoms with Crippen molar-refractivity contribution in [3.8, 4) is 5.75 Å². The van der Waals surface area contributed by atoms with E-state index in [0.717, 1.165) is 5.56 Å². The average Bonchev–Trinajstić information content (AvgIpc) is 3.17. The zero-order chi connectivity index (χ0) is 19.1. The van der Waals surface area contributed by atoms with Gasteiger partial charge in [-0.05, 0) is 54.1 Å². The molecule has 1 amide bonds. The van der Waals surface area contributed by atoms with Crippen LogP contribution in [0.4, 0.5) is 0 Å². The molecule has 136 valence electrons. The van der Waals surface area contributed by atoms with Crippen LogP contribution in [0.3, 0.4) is 0 Å². The Kier molecular flexibility index (Phi) is 5.58. The second-order valence-corrected chi connectivity index (χ2v) is 5.37. The van der Waals surface area contributed by atoms with Gasteiger partial charge in [-0.2, -0.15) is 5.10 Å². The minimum Gasteiger partial charge on any atom is -0.486 e. The molecule has 27 heavy (non-hydrogen) atoms. The molecule has 0 aliphatic heterocycles. The molecule has 8 heteroatoms. The summed E-state index contributed by atoms with van der Waals surface area (Å²) in [6.45, 7) is 0.113. The number of hydrazone groups is 1. The Labute approximate surface area is 154 Å². The summed E-state index contributed by atoms with van der Waals surface area (Å²) in [4.78, 5) is 26.4. The molecule has 0 unspecified atom stereocenters. The number of amides is 1. The molecule has 0 atom stereocenters. The minimum atomic E-state index is -1.12. The molecule has 0 aliphatic carbocycles. The van der Waals surface area contributed by atoms with Gasteiger partial charge < -0.3 is 14.3 Å². The highest BCUT2D eigenvalue weighted by Gasteiger charge is 2.09. The van der Waals surface area contributed by atoms with Crippen molar-refractivity contribution in [3.63, 3.8) is 0 Å². The molecular formula is C19H15N3O5. The van der Waals surface area contributed by atoms with Crippen LogP contribution in [0.25, 0.3) is 0 Å². The van der Waals surface area contributed by atoms with Crippen LogP contribution >= 0.6 is 0 Å². The first kappa shape index (κ1) is 17.9. The van der Waals surface area contributed by atoms with Gasteiger partial charge in [0.05, 0.1) is 11.8 Å². The molecule has 2 N–H and O–H groups in total. The maximum absolute atomic E-state index is 11.8. The van der Waals surface area contributed by atoms with Gasteiger partial charge in [0, 0.05) is 12.4 Å². The number of aromatic carboxylic acids is 1. The molecule has 0 saturated heterocycles. The van der Waals surface area contributed by atoms with E-state index in [1.165, 1.54) is 18.5 Å². The quantitative estimate of drug-likeness (QED) is 0.491. The number of benzene rings is 1. The number of nitrogens with one attached hydrogen (secondary N) is 1. The molecule has 2 aromatic heterocycles. The first-order valence-electron chi connectivity index (χ1n) is 7.90. The second kappa shape index (κ2) is 8.43. The zero-order valence-corrected chi connectivity index (χ0v) is 14.0. The van der Waals surface area contributed by atoms with Gasteiger partial charge in [-0.25, -0.2) is 10.2 Å². The molecule has 8 nitrogen and oxygen atoms in total. The van der Waals surface area contributed by atoms with Gasteiger partial charge in [0.2, 0.25) is 5.76 Å². The van der Waals surface area contributed by atoms with E-state index >= 15 is 0 Å². The Bertz CT molecular complexity index is 949. The third-order valence-electron chi connectivity index (χ3n) is 3.44. The number of carboxylic acid groups (broad SMARTS) is 1. The molecular weight excluding hydrogens is 350 g/mol. The van der Waals surface area contributed by atoms with E-state index in [0.29, 0.717) is 17.1 Å². The van der Waals surface area contributed by atoms with Crippen molar-refractivity contribution in [1.82, 2.24) is 10.4 Å². The number of nitrogens with zero attached hydrogens (tertiary/aromatic N) is 2. The van der Waals surface area contributed by atoms with Crippen molar-refractivity contribution in [3.05, 3.63) is 83.6 Å². The molecule has 3 aromatic rings. The van der Waals surface area contributed by atoms with Gasteiger partial charge in [-0.1, -0.05) is 0 Å². The van der Waals surface area contributed by atoms with Crippen LogP contribution in [0.2, 0.25) is 0 Å². The Morgan fingerprint density at radius 1 is 1.19 bits per heavy atom. The summed E-state index contributed by atoms with van der Waals surface area (Å²) >= 11 is 0. The van der Waals surface area contributed by atoms with E-state index in [4.69, 9.17) is 14.3 Å². The van der Waals surface area contributed by atoms with Crippen molar-refractivity contribution in [2.75, 3.05) is 0 Å². The predicted octanol–water partition coefficient (Wildman–Crippen LogP) is 2.72. The number of rotatable bonds is 7. The SMILES string of the molecule is O=C(N/N=C/c1ccc(OCc2ccc(C(=O)O)o2)cc1)c1cccnc1. The number of carbonyl (C=O) groups excluding carboxylic acids is 1. The van der Waals surface area contributed by atoms with Gasteiger partial charge in [0.1, 0.15) is 18.1 Å². The number of aromatic nitrogens is 1. The first-order chi connectivity index (χ1) is 13.1. The van der Waals surface area contributed by atoms with Gasteiger partial charge in [-0.15, -0.1) is 0 Å². The third kappa shape index (κ3) is 5.02. The minimum absolute atomic E-state index is 0.113. The molecule has 0 spiro atoms. The summed E-state index contributed by atoms with van der Waals surface area (Å²) in [5, 5.41) is 12.7. The largest absolute Gasteiger partial charge is 0.486 e. The van der Waals surface area contributed by atoms with Crippen molar-refractivity contribution in [1.29, 1.82) is 0 Å². The van der Waals surface area contributed by atoms with Crippen LogP contribution in [0.1, 0.15) is 32.2 Å². The fourth-order valence-electron chi connectivity index (χ4n) is 2.10. The lowest BCUT2D eigenvalue weighted by Crippen LogP contribution is -2.17. The van der Waals surface area contributed by atoms with E-state index in [9.17, 15) is 9.59 Å². The Morgan fingerprint density at radius 3 is 2.67 bits per heavy atom. The smallest absolute Gasteiger partial charge is 0.371 e. The van der Waals surface area contributed by atoms with Crippen molar-refractivity contribution in [2.24, 2.45) is 5.10 Å². The van der Waals surface area contributed by atoms with Crippen molar-refractivity contribution in [2.45, 2.75) is 6.61 Å². The van der Waals surface area contributed by atoms with Crippen LogP contribution in [-0.2, 0) is 6.61 Å². The number of furan rings is 1. The molecule has 0 bridgehead atoms. The summed E-state index contributed by atoms with van der Waals surface area (Å²) in [5.74, 6) is -0.608. The summed E-state index contributed by atoms with van der Waals surface area (Å²) < 4.78 is 10.6. The average molecular weight is 365 g/mol. The molecule has 3 rings (SSSR count). The van der Waals surface area contributed by atoms with Gasteiger partial charge in [-0.3, -0.25) is 9.78 Å². The summed E-state index contributed by atoms with van der Waals surface area (Å²) in [5.41, 5.74) is 3.60. The van der Waals surface area contributed by atoms with Gasteiger partial charge in [0.25, 0.3) is 5.91 Å². The second-order valence-electron chi connectivity index (χ2n) is 5.37. The van der Waals surface area contributed by atoms with Gasteiger partial charge in [0.15, 0.2) is 0 Å². The number of hydrogen-bond donors (Lipinski definition) is 2. The molecule has 0 saturated carbocycles. The van der Waals surface area contributed by atoms with E-state index in [1.807, 2.05) is 0 Å². The highest BCUT2D eigenvalue weighted by atomic mass is 16.5. The molecule has 0 radical (unpaired) electrons. The Hall–Kier alpha value is -3.94. The lowest BCUT2D eigenvalue weighted by molar-refractivity contribution is 0.0658. The number of hydrogen-bond acceptors (Lipinski definition) is 6. The molecule has 1 aromatic carbocycles. The third-order valence-corrected chi connectivity index (χ3v) is 3.44. The molecule has 2 heterocycles. The van der Waals surface area contributed by atoms with Crippen LogP contribution in [-0.4, -0.2) is 28.2 Å². The van der Waals surface area contributed by atoms with E-state index in [1.54, 1.807) is 48.7 Å². The van der Waals surface area contributed by atoms with E-state index < -0.39 is 5.97 Å². The number of pyridine rings is 1. The lowest BCUT2D eigenvalue weighted by atomic mass is 10.2. The maximum Gasteiger partial charge on any atom is 0.371 e. The van der Waals surface area contributed by atoms with Gasteiger partial charge >= 0.3 is 5.97 Å². The first-order valence-corrected chi connectivity index (χ1v) is 7.90. The predicted molar refractivity (Wildman–Crippen MR) is 95.7 cm³/mol. The Morgan fingerprint density at radius 2 is 2.00 bits per heavy atom. The monoisotopic (exact) mass is 365 g/mol. The normalized spacial score (nSPS) is 10.7. The number of carbonyl (C=O) groups is 2. The lowest BCUT2D eigenvalue weighted by Gasteiger charge is -2.04.